The van der Waals surface area contributed by atoms with Crippen molar-refractivity contribution in [3.05, 3.63) is 108 Å². The second-order valence-corrected chi connectivity index (χ2v) is 7.06. The zero-order valence-corrected chi connectivity index (χ0v) is 16.6. The number of rotatable bonds is 10. The first-order chi connectivity index (χ1) is 14.3. The molecule has 0 radical (unpaired) electrons. The van der Waals surface area contributed by atoms with Crippen LogP contribution < -0.4 is 10.9 Å². The van der Waals surface area contributed by atoms with Crippen LogP contribution in [0.3, 0.4) is 0 Å². The number of carbonyl (C=O) groups excluding carboxylic acids is 1. The maximum atomic E-state index is 12.5. The highest BCUT2D eigenvalue weighted by Gasteiger charge is 2.36. The summed E-state index contributed by atoms with van der Waals surface area (Å²) in [6, 6.07) is 30.4. The van der Waals surface area contributed by atoms with Crippen molar-refractivity contribution in [3.63, 3.8) is 0 Å². The second kappa shape index (κ2) is 10.6. The molecule has 3 aromatic rings. The number of hydrazine groups is 1. The van der Waals surface area contributed by atoms with E-state index in [0.29, 0.717) is 6.42 Å². The molecule has 3 aromatic carbocycles. The van der Waals surface area contributed by atoms with E-state index in [1.807, 2.05) is 54.6 Å². The van der Waals surface area contributed by atoms with Crippen molar-refractivity contribution in [3.8, 4) is 0 Å². The van der Waals surface area contributed by atoms with Crippen LogP contribution in [0.2, 0.25) is 0 Å². The predicted molar refractivity (Wildman–Crippen MR) is 116 cm³/mol. The highest BCUT2D eigenvalue weighted by molar-refractivity contribution is 5.75. The lowest BCUT2D eigenvalue weighted by Crippen LogP contribution is -2.53. The average Bonchev–Trinajstić information content (AvgIpc) is 2.79. The van der Waals surface area contributed by atoms with Crippen LogP contribution in [0, 0.1) is 0 Å². The first kappa shape index (κ1) is 20.8. The molecule has 0 saturated heterocycles. The molecule has 0 aliphatic heterocycles. The summed E-state index contributed by atoms with van der Waals surface area (Å²) in [6.07, 6.45) is 2.73. The smallest absolute Gasteiger partial charge is 0.234 e. The van der Waals surface area contributed by atoms with Gasteiger partial charge < -0.3 is 5.11 Å². The van der Waals surface area contributed by atoms with E-state index in [-0.39, 0.29) is 12.5 Å². The SMILES string of the molecule is O=C(CCCCCO)NNC(c1ccccc1)(c1ccccc1)c1ccccc1. The predicted octanol–water partition coefficient (Wildman–Crippen LogP) is 4.15. The van der Waals surface area contributed by atoms with Crippen molar-refractivity contribution in [2.24, 2.45) is 0 Å². The Morgan fingerprint density at radius 3 is 1.55 bits per heavy atom. The van der Waals surface area contributed by atoms with E-state index < -0.39 is 5.54 Å². The fourth-order valence-corrected chi connectivity index (χ4v) is 3.58. The number of unbranched alkanes of at least 4 members (excludes halogenated alkanes) is 2. The Morgan fingerprint density at radius 2 is 1.14 bits per heavy atom. The molecule has 0 aliphatic rings. The van der Waals surface area contributed by atoms with Gasteiger partial charge in [-0.25, -0.2) is 5.43 Å². The van der Waals surface area contributed by atoms with Crippen LogP contribution in [-0.4, -0.2) is 17.6 Å². The third kappa shape index (κ3) is 5.11. The van der Waals surface area contributed by atoms with Crippen LogP contribution in [0.1, 0.15) is 42.4 Å². The van der Waals surface area contributed by atoms with E-state index in [2.05, 4.69) is 47.2 Å². The van der Waals surface area contributed by atoms with Gasteiger partial charge in [-0.1, -0.05) is 97.4 Å². The fraction of sp³-hybridized carbons (Fsp3) is 0.240. The molecule has 0 unspecified atom stereocenters. The molecule has 0 atom stereocenters. The van der Waals surface area contributed by atoms with Gasteiger partial charge in [0, 0.05) is 13.0 Å². The molecule has 29 heavy (non-hydrogen) atoms. The topological polar surface area (TPSA) is 61.4 Å². The van der Waals surface area contributed by atoms with Gasteiger partial charge in [0.15, 0.2) is 0 Å². The maximum Gasteiger partial charge on any atom is 0.234 e. The standard InChI is InChI=1S/C25H28N2O2/c28-20-12-4-11-19-24(29)26-27-25(21-13-5-1-6-14-21,22-15-7-2-8-16-22)23-17-9-3-10-18-23/h1-3,5-10,13-18,27-28H,4,11-12,19-20H2,(H,26,29). The van der Waals surface area contributed by atoms with E-state index in [4.69, 9.17) is 5.11 Å². The zero-order chi connectivity index (χ0) is 20.4. The Morgan fingerprint density at radius 1 is 0.690 bits per heavy atom. The van der Waals surface area contributed by atoms with E-state index in [9.17, 15) is 4.79 Å². The second-order valence-electron chi connectivity index (χ2n) is 7.06. The first-order valence-corrected chi connectivity index (χ1v) is 10.1. The molecule has 1 amide bonds. The monoisotopic (exact) mass is 388 g/mol. The van der Waals surface area contributed by atoms with Gasteiger partial charge in [-0.15, -0.1) is 0 Å². The number of aliphatic hydroxyl groups is 1. The summed E-state index contributed by atoms with van der Waals surface area (Å²) in [5.41, 5.74) is 8.72. The number of amides is 1. The molecule has 0 bridgehead atoms. The molecule has 3 rings (SSSR count). The van der Waals surface area contributed by atoms with Crippen molar-refractivity contribution in [2.75, 3.05) is 6.61 Å². The number of benzene rings is 3. The van der Waals surface area contributed by atoms with E-state index in [1.54, 1.807) is 0 Å². The molecule has 4 nitrogen and oxygen atoms in total. The summed E-state index contributed by atoms with van der Waals surface area (Å²) in [6.45, 7) is 0.166. The Bertz CT molecular complexity index is 770. The maximum absolute atomic E-state index is 12.5. The summed E-state index contributed by atoms with van der Waals surface area (Å²) in [5.74, 6) is -0.0601. The number of aliphatic hydroxyl groups excluding tert-OH is 1. The van der Waals surface area contributed by atoms with Crippen LogP contribution in [-0.2, 0) is 10.3 Å². The van der Waals surface area contributed by atoms with Gasteiger partial charge in [0.2, 0.25) is 5.91 Å². The summed E-state index contributed by atoms with van der Waals surface area (Å²) in [5, 5.41) is 8.91. The Hall–Kier alpha value is -2.95. The van der Waals surface area contributed by atoms with Crippen LogP contribution in [0.25, 0.3) is 0 Å². The molecule has 0 saturated carbocycles. The van der Waals surface area contributed by atoms with Gasteiger partial charge in [0.05, 0.1) is 0 Å². The molecular formula is C25H28N2O2. The largest absolute Gasteiger partial charge is 0.396 e. The molecule has 150 valence electrons. The van der Waals surface area contributed by atoms with E-state index >= 15 is 0 Å². The molecule has 0 fully saturated rings. The lowest BCUT2D eigenvalue weighted by Gasteiger charge is -2.37. The number of carbonyl (C=O) groups is 1. The summed E-state index contributed by atoms with van der Waals surface area (Å²) >= 11 is 0. The third-order valence-corrected chi connectivity index (χ3v) is 5.07. The van der Waals surface area contributed by atoms with Gasteiger partial charge in [0.1, 0.15) is 5.54 Å². The molecule has 4 heteroatoms. The fourth-order valence-electron chi connectivity index (χ4n) is 3.58. The summed E-state index contributed by atoms with van der Waals surface area (Å²) < 4.78 is 0. The van der Waals surface area contributed by atoms with Crippen molar-refractivity contribution in [2.45, 2.75) is 31.2 Å². The minimum absolute atomic E-state index is 0.0601. The number of hydrogen-bond donors (Lipinski definition) is 3. The van der Waals surface area contributed by atoms with Gasteiger partial charge in [-0.05, 0) is 29.5 Å². The number of nitrogens with one attached hydrogen (secondary N) is 2. The molecular weight excluding hydrogens is 360 g/mol. The first-order valence-electron chi connectivity index (χ1n) is 10.1. The van der Waals surface area contributed by atoms with Crippen molar-refractivity contribution < 1.29 is 9.90 Å². The van der Waals surface area contributed by atoms with Crippen LogP contribution in [0.5, 0.6) is 0 Å². The van der Waals surface area contributed by atoms with Crippen LogP contribution in [0.15, 0.2) is 91.0 Å². The van der Waals surface area contributed by atoms with Crippen LogP contribution in [0.4, 0.5) is 0 Å². The van der Waals surface area contributed by atoms with Gasteiger partial charge >= 0.3 is 0 Å². The van der Waals surface area contributed by atoms with Gasteiger partial charge in [0.25, 0.3) is 0 Å². The minimum Gasteiger partial charge on any atom is -0.396 e. The summed E-state index contributed by atoms with van der Waals surface area (Å²) in [7, 11) is 0. The Balaban J connectivity index is 1.96. The van der Waals surface area contributed by atoms with E-state index in [0.717, 1.165) is 36.0 Å². The van der Waals surface area contributed by atoms with E-state index in [1.165, 1.54) is 0 Å². The van der Waals surface area contributed by atoms with Crippen LogP contribution >= 0.6 is 0 Å². The lowest BCUT2D eigenvalue weighted by atomic mass is 9.77. The highest BCUT2D eigenvalue weighted by atomic mass is 16.2. The molecule has 0 heterocycles. The van der Waals surface area contributed by atoms with Crippen molar-refractivity contribution in [1.29, 1.82) is 0 Å². The third-order valence-electron chi connectivity index (χ3n) is 5.07. The van der Waals surface area contributed by atoms with Crippen molar-refractivity contribution >= 4 is 5.91 Å². The quantitative estimate of drug-likeness (QED) is 0.278. The zero-order valence-electron chi connectivity index (χ0n) is 16.6. The summed E-state index contributed by atoms with van der Waals surface area (Å²) in [4.78, 5) is 12.5. The molecule has 0 aliphatic carbocycles. The lowest BCUT2D eigenvalue weighted by molar-refractivity contribution is -0.122. The van der Waals surface area contributed by atoms with Gasteiger partial charge in [-0.2, -0.15) is 0 Å². The van der Waals surface area contributed by atoms with Gasteiger partial charge in [-0.3, -0.25) is 10.2 Å². The average molecular weight is 389 g/mol. The molecule has 3 N–H and O–H groups in total. The Labute approximate surface area is 172 Å². The highest BCUT2D eigenvalue weighted by Crippen LogP contribution is 2.36. The Kier molecular flexibility index (Phi) is 7.56. The normalized spacial score (nSPS) is 11.2. The molecule has 0 aromatic heterocycles. The molecule has 0 spiro atoms. The minimum atomic E-state index is -0.718. The number of hydrogen-bond acceptors (Lipinski definition) is 3. The van der Waals surface area contributed by atoms with Crippen molar-refractivity contribution in [1.82, 2.24) is 10.9 Å².